The molecule has 11 nitrogen and oxygen atoms in total. The number of hydrogen-bond donors (Lipinski definition) is 2. The van der Waals surface area contributed by atoms with Crippen molar-refractivity contribution in [2.45, 2.75) is 19.5 Å². The van der Waals surface area contributed by atoms with Gasteiger partial charge in [0.15, 0.2) is 17.5 Å². The molecule has 0 aliphatic heterocycles. The number of esters is 1. The lowest BCUT2D eigenvalue weighted by Crippen LogP contribution is -2.35. The maximum absolute atomic E-state index is 11.4. The Bertz CT molecular complexity index is 794. The molecule has 0 aliphatic rings. The number of nitrogens with two attached hydrogens (primary N) is 1. The van der Waals surface area contributed by atoms with Crippen LogP contribution in [0.3, 0.4) is 0 Å². The summed E-state index contributed by atoms with van der Waals surface area (Å²) >= 11 is 0. The number of ether oxygens (including phenoxy) is 1. The van der Waals surface area contributed by atoms with Crippen molar-refractivity contribution in [3.05, 3.63) is 24.8 Å². The summed E-state index contributed by atoms with van der Waals surface area (Å²) in [5.41, 5.74) is 6.82. The Labute approximate surface area is 144 Å². The molecule has 0 aliphatic carbocycles. The molecule has 12 heteroatoms. The molecule has 0 saturated carbocycles. The predicted octanol–water partition coefficient (Wildman–Crippen LogP) is 0.409. The highest BCUT2D eigenvalue weighted by atomic mass is 31.1. The van der Waals surface area contributed by atoms with Gasteiger partial charge in [-0.3, -0.25) is 9.63 Å². The van der Waals surface area contributed by atoms with E-state index in [0.717, 1.165) is 0 Å². The van der Waals surface area contributed by atoms with Crippen LogP contribution in [0, 0.1) is 0 Å². The van der Waals surface area contributed by atoms with E-state index in [0.29, 0.717) is 28.4 Å². The molecule has 0 aromatic carbocycles. The number of allylic oxidation sites excluding steroid dienone is 1. The second-order valence-electron chi connectivity index (χ2n) is 4.85. The van der Waals surface area contributed by atoms with Gasteiger partial charge in [-0.2, -0.15) is 0 Å². The minimum absolute atomic E-state index is 0.00722. The fourth-order valence-corrected chi connectivity index (χ4v) is 2.53. The molecule has 2 unspecified atom stereocenters. The van der Waals surface area contributed by atoms with Crippen LogP contribution in [0.25, 0.3) is 11.2 Å². The van der Waals surface area contributed by atoms with Crippen LogP contribution in [0.4, 0.5) is 5.82 Å². The van der Waals surface area contributed by atoms with Crippen LogP contribution in [0.5, 0.6) is 0 Å². The zero-order valence-electron chi connectivity index (χ0n) is 13.6. The van der Waals surface area contributed by atoms with Crippen molar-refractivity contribution in [1.29, 1.82) is 0 Å². The third-order valence-corrected chi connectivity index (χ3v) is 4.04. The van der Waals surface area contributed by atoms with Crippen molar-refractivity contribution in [2.24, 2.45) is 0 Å². The first-order valence-electron chi connectivity index (χ1n) is 7.18. The maximum Gasteiger partial charge on any atom is 0.640 e. The molecule has 3 N–H and O–H groups in total. The number of carbonyl (C=O) groups is 1. The second kappa shape index (κ2) is 8.58. The van der Waals surface area contributed by atoms with E-state index in [2.05, 4.69) is 19.7 Å². The topological polar surface area (TPSA) is 146 Å². The Morgan fingerprint density at radius 3 is 2.92 bits per heavy atom. The first-order chi connectivity index (χ1) is 12.0. The SMILES string of the molecule is COC(=O)C(C)N(OCC=CCn1cnc2c(N)ncnc21)[P+](=O)O. The molecular weight excluding hydrogens is 351 g/mol. The van der Waals surface area contributed by atoms with Crippen LogP contribution in [-0.4, -0.2) is 55.0 Å². The van der Waals surface area contributed by atoms with Gasteiger partial charge < -0.3 is 15.0 Å². The van der Waals surface area contributed by atoms with E-state index in [-0.39, 0.29) is 6.61 Å². The number of anilines is 1. The number of aromatic nitrogens is 4. The van der Waals surface area contributed by atoms with Crippen molar-refractivity contribution in [3.63, 3.8) is 0 Å². The Balaban J connectivity index is 1.93. The minimum atomic E-state index is -2.85. The van der Waals surface area contributed by atoms with Crippen molar-refractivity contribution in [3.8, 4) is 0 Å². The molecule has 2 heterocycles. The summed E-state index contributed by atoms with van der Waals surface area (Å²) in [7, 11) is -1.66. The second-order valence-corrected chi connectivity index (χ2v) is 5.75. The van der Waals surface area contributed by atoms with Gasteiger partial charge in [0, 0.05) is 6.54 Å². The summed E-state index contributed by atoms with van der Waals surface area (Å²) in [6, 6.07) is -1.01. The van der Waals surface area contributed by atoms with Crippen LogP contribution in [0.15, 0.2) is 24.8 Å². The number of imidazole rings is 1. The molecule has 25 heavy (non-hydrogen) atoms. The summed E-state index contributed by atoms with van der Waals surface area (Å²) in [6.07, 6.45) is 6.32. The summed E-state index contributed by atoms with van der Waals surface area (Å²) in [5.74, 6) is -0.376. The number of hydrogen-bond acceptors (Lipinski definition) is 8. The third kappa shape index (κ3) is 4.54. The largest absolute Gasteiger partial charge is 0.640 e. The molecule has 0 radical (unpaired) electrons. The minimum Gasteiger partial charge on any atom is -0.468 e. The van der Waals surface area contributed by atoms with Crippen molar-refractivity contribution in [2.75, 3.05) is 19.5 Å². The molecule has 0 bridgehead atoms. The van der Waals surface area contributed by atoms with Gasteiger partial charge in [0.25, 0.3) is 0 Å². The van der Waals surface area contributed by atoms with E-state index in [1.807, 2.05) is 0 Å². The Kier molecular flexibility index (Phi) is 6.48. The van der Waals surface area contributed by atoms with Crippen molar-refractivity contribution >= 4 is 31.1 Å². The smallest absolute Gasteiger partial charge is 0.468 e. The van der Waals surface area contributed by atoms with E-state index in [1.165, 1.54) is 20.4 Å². The average molecular weight is 369 g/mol. The van der Waals surface area contributed by atoms with Gasteiger partial charge in [-0.25, -0.2) is 15.0 Å². The fourth-order valence-electron chi connectivity index (χ4n) is 1.98. The van der Waals surface area contributed by atoms with Crippen LogP contribution in [0.2, 0.25) is 0 Å². The first kappa shape index (κ1) is 18.9. The average Bonchev–Trinajstić information content (AvgIpc) is 3.01. The maximum atomic E-state index is 11.4. The van der Waals surface area contributed by atoms with Gasteiger partial charge in [0.2, 0.25) is 0 Å². The third-order valence-electron chi connectivity index (χ3n) is 3.24. The molecule has 0 spiro atoms. The van der Waals surface area contributed by atoms with E-state index >= 15 is 0 Å². The van der Waals surface area contributed by atoms with Crippen LogP contribution in [-0.2, 0) is 25.5 Å². The van der Waals surface area contributed by atoms with Crippen LogP contribution >= 0.6 is 8.18 Å². The van der Waals surface area contributed by atoms with Gasteiger partial charge >= 0.3 is 14.1 Å². The van der Waals surface area contributed by atoms with Gasteiger partial charge in [0.05, 0.1) is 24.9 Å². The summed E-state index contributed by atoms with van der Waals surface area (Å²) in [6.45, 7) is 1.83. The number of carbonyl (C=O) groups excluding carboxylic acids is 1. The Morgan fingerprint density at radius 2 is 2.24 bits per heavy atom. The molecule has 2 aromatic rings. The molecular formula is C13H18N6O5P+. The van der Waals surface area contributed by atoms with Gasteiger partial charge in [0.1, 0.15) is 11.8 Å². The zero-order valence-corrected chi connectivity index (χ0v) is 14.5. The zero-order chi connectivity index (χ0) is 18.4. The Hall–Kier alpha value is -2.46. The number of rotatable bonds is 8. The molecule has 0 saturated heterocycles. The summed E-state index contributed by atoms with van der Waals surface area (Å²) in [4.78, 5) is 38.6. The highest BCUT2D eigenvalue weighted by Gasteiger charge is 2.38. The molecule has 134 valence electrons. The number of hydroxylamine groups is 1. The van der Waals surface area contributed by atoms with Crippen LogP contribution in [0.1, 0.15) is 6.92 Å². The fraction of sp³-hybridized carbons (Fsp3) is 0.385. The predicted molar refractivity (Wildman–Crippen MR) is 88.0 cm³/mol. The van der Waals surface area contributed by atoms with Crippen LogP contribution < -0.4 is 5.73 Å². The number of nitrogens with zero attached hydrogens (tertiary/aromatic N) is 5. The molecule has 2 atom stereocenters. The van der Waals surface area contributed by atoms with E-state index < -0.39 is 20.2 Å². The quantitative estimate of drug-likeness (QED) is 0.290. The van der Waals surface area contributed by atoms with E-state index in [1.54, 1.807) is 23.0 Å². The van der Waals surface area contributed by atoms with Gasteiger partial charge in [-0.1, -0.05) is 12.2 Å². The lowest BCUT2D eigenvalue weighted by molar-refractivity contribution is -0.162. The Morgan fingerprint density at radius 1 is 1.48 bits per heavy atom. The lowest BCUT2D eigenvalue weighted by atomic mass is 10.4. The van der Waals surface area contributed by atoms with Gasteiger partial charge in [-0.15, -0.1) is 4.89 Å². The number of fused-ring (bicyclic) bond motifs is 1. The van der Waals surface area contributed by atoms with Gasteiger partial charge in [-0.05, 0) is 11.5 Å². The van der Waals surface area contributed by atoms with Crippen molar-refractivity contribution in [1.82, 2.24) is 24.4 Å². The molecule has 2 aromatic heterocycles. The molecule has 2 rings (SSSR count). The monoisotopic (exact) mass is 369 g/mol. The molecule has 0 fully saturated rings. The first-order valence-corrected chi connectivity index (χ1v) is 8.34. The van der Waals surface area contributed by atoms with E-state index in [9.17, 15) is 14.3 Å². The normalized spacial score (nSPS) is 13.5. The van der Waals surface area contributed by atoms with E-state index in [4.69, 9.17) is 10.6 Å². The summed E-state index contributed by atoms with van der Waals surface area (Å²) in [5, 5.41) is 0. The highest BCUT2D eigenvalue weighted by Crippen LogP contribution is 2.25. The summed E-state index contributed by atoms with van der Waals surface area (Å²) < 4.78 is 17.5. The lowest BCUT2D eigenvalue weighted by Gasteiger charge is -2.13. The highest BCUT2D eigenvalue weighted by molar-refractivity contribution is 7.35. The van der Waals surface area contributed by atoms with Crippen molar-refractivity contribution < 1.29 is 23.8 Å². The standard InChI is InChI=1S/C13H17N6O5P/c1-9(13(20)23-2)19(25(21)22)24-6-4-3-5-18-8-17-10-11(14)15-7-16-12(10)18/h3-4,7-9H,5-6H2,1-2H3,(H2-,14,15,16,21,22)/p+1. The number of nitrogen functional groups attached to an aromatic ring is 1. The number of methoxy groups -OCH3 is 1. The molecule has 0 amide bonds.